The van der Waals surface area contributed by atoms with E-state index in [-0.39, 0.29) is 5.56 Å². The van der Waals surface area contributed by atoms with Gasteiger partial charge in [0.15, 0.2) is 0 Å². The highest BCUT2D eigenvalue weighted by Gasteiger charge is 2.32. The van der Waals surface area contributed by atoms with Gasteiger partial charge in [0.25, 0.3) is 5.56 Å². The number of aromatic amines is 1. The van der Waals surface area contributed by atoms with Gasteiger partial charge in [-0.15, -0.1) is 0 Å². The number of nitrogens with one attached hydrogen (secondary N) is 1. The number of ether oxygens (including phenoxy) is 1. The zero-order valence-corrected chi connectivity index (χ0v) is 7.95. The fourth-order valence-corrected chi connectivity index (χ4v) is 1.74. The number of H-pyrrole nitrogens is 1. The summed E-state index contributed by atoms with van der Waals surface area (Å²) >= 11 is 0. The molecule has 76 valence electrons. The summed E-state index contributed by atoms with van der Waals surface area (Å²) in [5, 5.41) is 0. The number of hydrogen-bond donors (Lipinski definition) is 1. The Morgan fingerprint density at radius 3 is 2.93 bits per heavy atom. The van der Waals surface area contributed by atoms with Gasteiger partial charge in [-0.05, 0) is 19.8 Å². The Kier molecular flexibility index (Phi) is 2.03. The zero-order valence-electron chi connectivity index (χ0n) is 7.95. The van der Waals surface area contributed by atoms with Crippen molar-refractivity contribution in [3.05, 3.63) is 33.1 Å². The lowest BCUT2D eigenvalue weighted by Gasteiger charge is -2.25. The Morgan fingerprint density at radius 1 is 1.57 bits per heavy atom. The Balaban J connectivity index is 2.51. The van der Waals surface area contributed by atoms with Crippen LogP contribution in [-0.4, -0.2) is 16.2 Å². The first-order valence-electron chi connectivity index (χ1n) is 4.58. The third-order valence-electron chi connectivity index (χ3n) is 2.53. The van der Waals surface area contributed by atoms with Crippen molar-refractivity contribution in [3.63, 3.8) is 0 Å². The van der Waals surface area contributed by atoms with Crippen molar-refractivity contribution in [3.8, 4) is 0 Å². The van der Waals surface area contributed by atoms with Crippen LogP contribution in [0.2, 0.25) is 0 Å². The lowest BCUT2D eigenvalue weighted by atomic mass is 10.1. The van der Waals surface area contributed by atoms with Crippen LogP contribution in [0.4, 0.5) is 0 Å². The fourth-order valence-electron chi connectivity index (χ4n) is 1.74. The van der Waals surface area contributed by atoms with E-state index in [4.69, 9.17) is 4.74 Å². The molecule has 5 nitrogen and oxygen atoms in total. The highest BCUT2D eigenvalue weighted by molar-refractivity contribution is 4.89. The summed E-state index contributed by atoms with van der Waals surface area (Å²) < 4.78 is 6.92. The number of rotatable bonds is 1. The molecule has 1 unspecified atom stereocenters. The minimum atomic E-state index is -0.596. The van der Waals surface area contributed by atoms with Crippen molar-refractivity contribution >= 4 is 0 Å². The third-order valence-corrected chi connectivity index (χ3v) is 2.53. The molecular formula is C9H12N2O3. The van der Waals surface area contributed by atoms with E-state index < -0.39 is 11.4 Å². The summed E-state index contributed by atoms with van der Waals surface area (Å²) in [6.07, 6.45) is 3.20. The van der Waals surface area contributed by atoms with Crippen molar-refractivity contribution in [2.45, 2.75) is 25.5 Å². The van der Waals surface area contributed by atoms with Crippen LogP contribution in [0.3, 0.4) is 0 Å². The van der Waals surface area contributed by atoms with E-state index >= 15 is 0 Å². The number of nitrogens with zero attached hydrogens (tertiary/aromatic N) is 1. The molecule has 0 saturated carbocycles. The molecule has 1 atom stereocenters. The van der Waals surface area contributed by atoms with E-state index in [1.165, 1.54) is 16.8 Å². The summed E-state index contributed by atoms with van der Waals surface area (Å²) in [6, 6.07) is 1.33. The van der Waals surface area contributed by atoms with Gasteiger partial charge in [-0.3, -0.25) is 14.3 Å². The topological polar surface area (TPSA) is 64.1 Å². The molecule has 0 spiro atoms. The van der Waals surface area contributed by atoms with Crippen molar-refractivity contribution in [2.75, 3.05) is 6.61 Å². The molecular weight excluding hydrogens is 184 g/mol. The van der Waals surface area contributed by atoms with Crippen molar-refractivity contribution in [1.29, 1.82) is 0 Å². The van der Waals surface area contributed by atoms with E-state index in [0.717, 1.165) is 12.8 Å². The molecule has 0 radical (unpaired) electrons. The first kappa shape index (κ1) is 9.21. The smallest absolute Gasteiger partial charge is 0.330 e. The predicted octanol–water partition coefficient (Wildman–Crippen LogP) is 0.0197. The Bertz CT molecular complexity index is 440. The Labute approximate surface area is 80.3 Å². The maximum atomic E-state index is 11.5. The second-order valence-corrected chi connectivity index (χ2v) is 3.61. The van der Waals surface area contributed by atoms with E-state index in [1.807, 2.05) is 6.92 Å². The van der Waals surface area contributed by atoms with E-state index in [9.17, 15) is 9.59 Å². The maximum Gasteiger partial charge on any atom is 0.330 e. The molecule has 1 aliphatic heterocycles. The lowest BCUT2D eigenvalue weighted by molar-refractivity contribution is -0.0496. The molecule has 1 aromatic rings. The van der Waals surface area contributed by atoms with Crippen LogP contribution < -0.4 is 11.2 Å². The molecule has 0 amide bonds. The van der Waals surface area contributed by atoms with Gasteiger partial charge in [0, 0.05) is 18.9 Å². The molecule has 1 saturated heterocycles. The SMILES string of the molecule is CC1(n2ccc(=O)[nH]c2=O)CCCO1. The van der Waals surface area contributed by atoms with Gasteiger partial charge in [-0.25, -0.2) is 4.79 Å². The van der Waals surface area contributed by atoms with Crippen LogP contribution in [-0.2, 0) is 10.5 Å². The highest BCUT2D eigenvalue weighted by atomic mass is 16.5. The minimum Gasteiger partial charge on any atom is -0.355 e. The fraction of sp³-hybridized carbons (Fsp3) is 0.556. The predicted molar refractivity (Wildman–Crippen MR) is 50.2 cm³/mol. The maximum absolute atomic E-state index is 11.5. The Hall–Kier alpha value is -1.36. The lowest BCUT2D eigenvalue weighted by Crippen LogP contribution is -2.41. The van der Waals surface area contributed by atoms with Crippen LogP contribution in [0.5, 0.6) is 0 Å². The summed E-state index contributed by atoms with van der Waals surface area (Å²) in [5.74, 6) is 0. The average molecular weight is 196 g/mol. The quantitative estimate of drug-likeness (QED) is 0.688. The van der Waals surface area contributed by atoms with E-state index in [2.05, 4.69) is 4.98 Å². The minimum absolute atomic E-state index is 0.382. The van der Waals surface area contributed by atoms with Crippen molar-refractivity contribution < 1.29 is 4.74 Å². The summed E-state index contributed by atoms with van der Waals surface area (Å²) in [6.45, 7) is 2.50. The molecule has 1 aromatic heterocycles. The van der Waals surface area contributed by atoms with Crippen LogP contribution in [0.1, 0.15) is 19.8 Å². The monoisotopic (exact) mass is 196 g/mol. The molecule has 0 aliphatic carbocycles. The van der Waals surface area contributed by atoms with Gasteiger partial charge in [-0.2, -0.15) is 0 Å². The standard InChI is InChI=1S/C9H12N2O3/c1-9(4-2-6-14-9)11-5-3-7(12)10-8(11)13/h3,5H,2,4,6H2,1H3,(H,10,12,13). The van der Waals surface area contributed by atoms with Gasteiger partial charge in [0.1, 0.15) is 5.72 Å². The molecule has 1 aliphatic rings. The number of hydrogen-bond acceptors (Lipinski definition) is 3. The second kappa shape index (κ2) is 3.09. The largest absolute Gasteiger partial charge is 0.355 e. The molecule has 2 rings (SSSR count). The van der Waals surface area contributed by atoms with Gasteiger partial charge < -0.3 is 4.74 Å². The van der Waals surface area contributed by atoms with Crippen LogP contribution in [0.15, 0.2) is 21.9 Å². The van der Waals surface area contributed by atoms with E-state index in [0.29, 0.717) is 6.61 Å². The first-order valence-corrected chi connectivity index (χ1v) is 4.58. The molecule has 0 aromatic carbocycles. The highest BCUT2D eigenvalue weighted by Crippen LogP contribution is 2.28. The van der Waals surface area contributed by atoms with Gasteiger partial charge in [-0.1, -0.05) is 0 Å². The van der Waals surface area contributed by atoms with Gasteiger partial charge >= 0.3 is 5.69 Å². The van der Waals surface area contributed by atoms with Crippen molar-refractivity contribution in [2.24, 2.45) is 0 Å². The summed E-state index contributed by atoms with van der Waals surface area (Å²) in [7, 11) is 0. The normalized spacial score (nSPS) is 26.6. The van der Waals surface area contributed by atoms with Crippen LogP contribution >= 0.6 is 0 Å². The number of aromatic nitrogens is 2. The van der Waals surface area contributed by atoms with Crippen LogP contribution in [0.25, 0.3) is 0 Å². The Morgan fingerprint density at radius 2 is 2.36 bits per heavy atom. The zero-order chi connectivity index (χ0) is 10.2. The third kappa shape index (κ3) is 1.39. The van der Waals surface area contributed by atoms with Gasteiger partial charge in [0.05, 0.1) is 0 Å². The molecule has 0 bridgehead atoms. The van der Waals surface area contributed by atoms with E-state index in [1.54, 1.807) is 0 Å². The molecule has 2 heterocycles. The summed E-state index contributed by atoms with van der Waals surface area (Å²) in [5.41, 5.74) is -1.39. The van der Waals surface area contributed by atoms with Gasteiger partial charge in [0.2, 0.25) is 0 Å². The molecule has 14 heavy (non-hydrogen) atoms. The van der Waals surface area contributed by atoms with Crippen molar-refractivity contribution in [1.82, 2.24) is 9.55 Å². The molecule has 1 N–H and O–H groups in total. The van der Waals surface area contributed by atoms with Crippen LogP contribution in [0, 0.1) is 0 Å². The molecule has 1 fully saturated rings. The first-order chi connectivity index (χ1) is 6.62. The molecule has 5 heteroatoms. The average Bonchev–Trinajstić information content (AvgIpc) is 2.52. The summed E-state index contributed by atoms with van der Waals surface area (Å²) in [4.78, 5) is 24.5. The second-order valence-electron chi connectivity index (χ2n) is 3.61.